The molecule has 0 fully saturated rings. The Balaban J connectivity index is 1.60. The van der Waals surface area contributed by atoms with Gasteiger partial charge in [0.15, 0.2) is 11.9 Å². The van der Waals surface area contributed by atoms with Crippen molar-refractivity contribution in [2.75, 3.05) is 13.4 Å². The quantitative estimate of drug-likeness (QED) is 0.164. The van der Waals surface area contributed by atoms with Gasteiger partial charge in [0.25, 0.3) is 0 Å². The average Bonchev–Trinajstić information content (AvgIpc) is 3.52. The number of ether oxygens (including phenoxy) is 2. The molecule has 4 aromatic carbocycles. The first-order valence-electron chi connectivity index (χ1n) is 13.5. The molecule has 1 N–H and O–H groups in total. The van der Waals surface area contributed by atoms with Gasteiger partial charge in [-0.3, -0.25) is 0 Å². The maximum absolute atomic E-state index is 6.06. The molecule has 196 valence electrons. The van der Waals surface area contributed by atoms with Crippen LogP contribution in [0.25, 0.3) is 55.2 Å². The van der Waals surface area contributed by atoms with Gasteiger partial charge in [-0.05, 0) is 104 Å². The molecule has 6 rings (SSSR count). The Hall–Kier alpha value is -3.86. The Bertz CT molecular complexity index is 1820. The highest BCUT2D eigenvalue weighted by molar-refractivity contribution is 7.12. The van der Waals surface area contributed by atoms with Crippen LogP contribution >= 0.6 is 11.3 Å². The van der Waals surface area contributed by atoms with Crippen LogP contribution in [-0.4, -0.2) is 18.4 Å². The molecule has 2 heterocycles. The lowest BCUT2D eigenvalue weighted by atomic mass is 9.93. The van der Waals surface area contributed by atoms with Crippen molar-refractivity contribution in [3.8, 4) is 38.4 Å². The van der Waals surface area contributed by atoms with E-state index in [0.29, 0.717) is 6.61 Å². The van der Waals surface area contributed by atoms with E-state index in [1.165, 1.54) is 55.3 Å². The number of aromatic amines is 1. The van der Waals surface area contributed by atoms with Crippen molar-refractivity contribution in [2.24, 2.45) is 0 Å². The van der Waals surface area contributed by atoms with Gasteiger partial charge in [-0.1, -0.05) is 53.6 Å². The summed E-state index contributed by atoms with van der Waals surface area (Å²) < 4.78 is 11.6. The van der Waals surface area contributed by atoms with Crippen molar-refractivity contribution in [2.45, 2.75) is 34.6 Å². The fourth-order valence-electron chi connectivity index (χ4n) is 5.60. The van der Waals surface area contributed by atoms with Crippen molar-refractivity contribution in [3.63, 3.8) is 0 Å². The summed E-state index contributed by atoms with van der Waals surface area (Å²) in [6, 6.07) is 26.9. The van der Waals surface area contributed by atoms with Gasteiger partial charge >= 0.3 is 0 Å². The lowest BCUT2D eigenvalue weighted by Crippen LogP contribution is -2.01. The molecule has 3 nitrogen and oxygen atoms in total. The van der Waals surface area contributed by atoms with Gasteiger partial charge in [0.1, 0.15) is 0 Å². The smallest absolute Gasteiger partial charge is 0.190 e. The van der Waals surface area contributed by atoms with Gasteiger partial charge in [-0.25, -0.2) is 0 Å². The summed E-state index contributed by atoms with van der Waals surface area (Å²) in [5.41, 5.74) is 14.5. The van der Waals surface area contributed by atoms with Gasteiger partial charge in [-0.2, -0.15) is 0 Å². The fraction of sp³-hybridized carbons (Fsp3) is 0.200. The molecule has 0 bridgehead atoms. The second kappa shape index (κ2) is 10.4. The molecule has 0 amide bonds. The van der Waals surface area contributed by atoms with Crippen molar-refractivity contribution >= 4 is 33.1 Å². The second-order valence-electron chi connectivity index (χ2n) is 10.3. The maximum Gasteiger partial charge on any atom is 0.190 e. The number of benzene rings is 4. The summed E-state index contributed by atoms with van der Waals surface area (Å²) in [6.07, 6.45) is 0. The van der Waals surface area contributed by atoms with Gasteiger partial charge < -0.3 is 14.5 Å². The molecular weight excluding hydrogens is 498 g/mol. The zero-order chi connectivity index (χ0) is 27.1. The molecule has 0 radical (unpaired) electrons. The SMILES string of the molecule is CCOCOc1sccc1-c1cc(-c2ccc(C)cc2C)cc2c1[nH]c1ccc(-c3ccc(C)cc3C)cc12. The molecule has 0 atom stereocenters. The number of hydrogen-bond donors (Lipinski definition) is 1. The summed E-state index contributed by atoms with van der Waals surface area (Å²) in [5.74, 6) is 0. The average molecular weight is 532 g/mol. The molecule has 0 aliphatic heterocycles. The number of aromatic nitrogens is 1. The first-order valence-corrected chi connectivity index (χ1v) is 14.3. The Morgan fingerprint density at radius 1 is 0.667 bits per heavy atom. The molecular formula is C35H33NO2S. The molecule has 0 aliphatic carbocycles. The Morgan fingerprint density at radius 2 is 1.36 bits per heavy atom. The molecule has 2 aromatic heterocycles. The van der Waals surface area contributed by atoms with Gasteiger partial charge in [-0.15, -0.1) is 11.3 Å². The van der Waals surface area contributed by atoms with Crippen LogP contribution in [-0.2, 0) is 4.74 Å². The molecule has 0 saturated heterocycles. The number of thiophene rings is 1. The number of fused-ring (bicyclic) bond motifs is 3. The van der Waals surface area contributed by atoms with Crippen molar-refractivity contribution in [1.29, 1.82) is 0 Å². The third-order valence-corrected chi connectivity index (χ3v) is 8.31. The van der Waals surface area contributed by atoms with Crippen LogP contribution in [0.4, 0.5) is 0 Å². The molecule has 39 heavy (non-hydrogen) atoms. The molecule has 4 heteroatoms. The standard InChI is InChI=1S/C35H33NO2S/c1-6-37-20-38-35-29(13-14-39-35)31-18-26(28-11-8-22(3)16-24(28)5)19-32-30-17-25(9-12-33(30)36-34(31)32)27-10-7-21(2)15-23(27)4/h7-19,36H,6,20H2,1-5H3. The van der Waals surface area contributed by atoms with E-state index < -0.39 is 0 Å². The van der Waals surface area contributed by atoms with Crippen LogP contribution in [0.5, 0.6) is 5.06 Å². The summed E-state index contributed by atoms with van der Waals surface area (Å²) in [4.78, 5) is 3.75. The van der Waals surface area contributed by atoms with E-state index in [2.05, 4.69) is 111 Å². The molecule has 0 aliphatic rings. The Kier molecular flexibility index (Phi) is 6.76. The topological polar surface area (TPSA) is 34.2 Å². The van der Waals surface area contributed by atoms with Crippen LogP contribution in [0.3, 0.4) is 0 Å². The second-order valence-corrected chi connectivity index (χ2v) is 11.2. The Morgan fingerprint density at radius 3 is 2.05 bits per heavy atom. The van der Waals surface area contributed by atoms with Crippen molar-refractivity contribution in [3.05, 3.63) is 100 Å². The predicted octanol–water partition coefficient (Wildman–Crippen LogP) is 9.99. The fourth-order valence-corrected chi connectivity index (χ4v) is 6.34. The van der Waals surface area contributed by atoms with E-state index in [9.17, 15) is 0 Å². The summed E-state index contributed by atoms with van der Waals surface area (Å²) in [6.45, 7) is 11.5. The highest BCUT2D eigenvalue weighted by Crippen LogP contribution is 2.44. The van der Waals surface area contributed by atoms with E-state index in [1.807, 2.05) is 6.92 Å². The van der Waals surface area contributed by atoms with Crippen LogP contribution in [0.15, 0.2) is 78.2 Å². The molecule has 0 saturated carbocycles. The highest BCUT2D eigenvalue weighted by atomic mass is 32.1. The number of hydrogen-bond acceptors (Lipinski definition) is 3. The minimum atomic E-state index is 0.246. The van der Waals surface area contributed by atoms with Crippen molar-refractivity contribution < 1.29 is 9.47 Å². The predicted molar refractivity (Wildman–Crippen MR) is 166 cm³/mol. The third-order valence-electron chi connectivity index (χ3n) is 7.49. The zero-order valence-electron chi connectivity index (χ0n) is 23.1. The largest absolute Gasteiger partial charge is 0.457 e. The molecule has 0 unspecified atom stereocenters. The van der Waals surface area contributed by atoms with Gasteiger partial charge in [0.05, 0.1) is 5.52 Å². The van der Waals surface area contributed by atoms with Crippen molar-refractivity contribution in [1.82, 2.24) is 4.98 Å². The van der Waals surface area contributed by atoms with Crippen LogP contribution < -0.4 is 4.74 Å². The van der Waals surface area contributed by atoms with E-state index >= 15 is 0 Å². The lowest BCUT2D eigenvalue weighted by molar-refractivity contribution is 0.0250. The van der Waals surface area contributed by atoms with E-state index in [0.717, 1.165) is 27.2 Å². The normalized spacial score (nSPS) is 11.5. The Labute approximate surface area is 234 Å². The number of aryl methyl sites for hydroxylation is 4. The number of rotatable bonds is 7. The summed E-state index contributed by atoms with van der Waals surface area (Å²) in [7, 11) is 0. The highest BCUT2D eigenvalue weighted by Gasteiger charge is 2.18. The first kappa shape index (κ1) is 25.4. The van der Waals surface area contributed by atoms with E-state index in [-0.39, 0.29) is 6.79 Å². The number of nitrogens with one attached hydrogen (secondary N) is 1. The lowest BCUT2D eigenvalue weighted by Gasteiger charge is -2.13. The van der Waals surface area contributed by atoms with E-state index in [1.54, 1.807) is 11.3 Å². The minimum Gasteiger partial charge on any atom is -0.457 e. The van der Waals surface area contributed by atoms with E-state index in [4.69, 9.17) is 9.47 Å². The first-order chi connectivity index (χ1) is 18.9. The summed E-state index contributed by atoms with van der Waals surface area (Å²) in [5, 5.41) is 5.40. The van der Waals surface area contributed by atoms with Gasteiger partial charge in [0, 0.05) is 34.0 Å². The van der Waals surface area contributed by atoms with Crippen LogP contribution in [0, 0.1) is 27.7 Å². The van der Waals surface area contributed by atoms with Crippen LogP contribution in [0.1, 0.15) is 29.2 Å². The maximum atomic E-state index is 6.06. The molecule has 6 aromatic rings. The zero-order valence-corrected chi connectivity index (χ0v) is 24.0. The van der Waals surface area contributed by atoms with Gasteiger partial charge in [0.2, 0.25) is 0 Å². The summed E-state index contributed by atoms with van der Waals surface area (Å²) >= 11 is 1.60. The minimum absolute atomic E-state index is 0.246. The third kappa shape index (κ3) is 4.75. The monoisotopic (exact) mass is 531 g/mol. The van der Waals surface area contributed by atoms with Crippen LogP contribution in [0.2, 0.25) is 0 Å². The number of H-pyrrole nitrogens is 1. The molecule has 0 spiro atoms.